The highest BCUT2D eigenvalue weighted by Gasteiger charge is 2.11. The molecule has 1 unspecified atom stereocenters. The normalized spacial score (nSPS) is 12.4. The lowest BCUT2D eigenvalue weighted by molar-refractivity contribution is 0.629. The van der Waals surface area contributed by atoms with E-state index in [1.807, 2.05) is 6.92 Å². The molecule has 0 saturated heterocycles. The van der Waals surface area contributed by atoms with Crippen LogP contribution in [-0.4, -0.2) is 0 Å². The van der Waals surface area contributed by atoms with E-state index < -0.39 is 5.82 Å². The number of anilines is 2. The van der Waals surface area contributed by atoms with Gasteiger partial charge in [-0.2, -0.15) is 0 Å². The van der Waals surface area contributed by atoms with Crippen molar-refractivity contribution < 1.29 is 4.39 Å². The highest BCUT2D eigenvalue weighted by molar-refractivity contribution is 7.12. The quantitative estimate of drug-likeness (QED) is 0.808. The van der Waals surface area contributed by atoms with Gasteiger partial charge in [-0.3, -0.25) is 0 Å². The molecule has 0 bridgehead atoms. The smallest absolute Gasteiger partial charge is 0.143 e. The van der Waals surface area contributed by atoms with Crippen LogP contribution in [0.4, 0.5) is 15.8 Å². The summed E-state index contributed by atoms with van der Waals surface area (Å²) in [4.78, 5) is 2.45. The molecule has 1 heterocycles. The van der Waals surface area contributed by atoms with Crippen LogP contribution in [0.1, 0.15) is 22.7 Å². The molecule has 0 radical (unpaired) electrons. The number of rotatable bonds is 3. The molecule has 1 aromatic heterocycles. The summed E-state index contributed by atoms with van der Waals surface area (Å²) < 4.78 is 13.2. The second kappa shape index (κ2) is 5.16. The fourth-order valence-electron chi connectivity index (χ4n) is 1.68. The van der Waals surface area contributed by atoms with Gasteiger partial charge in [0.1, 0.15) is 5.82 Å². The van der Waals surface area contributed by atoms with E-state index in [1.54, 1.807) is 11.3 Å². The standard InChI is InChI=1S/C13H14ClFN2S/c1-7-3-4-13(18-7)8(2)17-12-5-9(14)10(15)6-11(12)16/h3-6,8,17H,16H2,1-2H3. The van der Waals surface area contributed by atoms with Gasteiger partial charge in [-0.1, -0.05) is 11.6 Å². The molecule has 1 atom stereocenters. The minimum atomic E-state index is -0.501. The van der Waals surface area contributed by atoms with E-state index in [0.29, 0.717) is 11.4 Å². The number of halogens is 2. The maximum absolute atomic E-state index is 13.2. The number of nitrogens with two attached hydrogens (primary N) is 1. The molecule has 96 valence electrons. The molecule has 18 heavy (non-hydrogen) atoms. The molecule has 3 N–H and O–H groups in total. The Morgan fingerprint density at radius 3 is 2.72 bits per heavy atom. The Morgan fingerprint density at radius 2 is 2.11 bits per heavy atom. The van der Waals surface area contributed by atoms with Crippen LogP contribution < -0.4 is 11.1 Å². The van der Waals surface area contributed by atoms with Crippen LogP contribution in [0, 0.1) is 12.7 Å². The van der Waals surface area contributed by atoms with E-state index in [2.05, 4.69) is 24.4 Å². The average Bonchev–Trinajstić information content (AvgIpc) is 2.73. The first-order valence-electron chi connectivity index (χ1n) is 5.54. The van der Waals surface area contributed by atoms with E-state index >= 15 is 0 Å². The number of nitrogens with one attached hydrogen (secondary N) is 1. The summed E-state index contributed by atoms with van der Waals surface area (Å²) >= 11 is 7.47. The van der Waals surface area contributed by atoms with Crippen LogP contribution in [0.2, 0.25) is 5.02 Å². The molecule has 2 aromatic rings. The minimum absolute atomic E-state index is 0.0706. The summed E-state index contributed by atoms with van der Waals surface area (Å²) in [6.45, 7) is 4.09. The van der Waals surface area contributed by atoms with Crippen molar-refractivity contribution in [2.75, 3.05) is 11.1 Å². The largest absolute Gasteiger partial charge is 0.397 e. The first-order chi connectivity index (χ1) is 8.47. The zero-order chi connectivity index (χ0) is 13.3. The number of nitrogen functional groups attached to an aromatic ring is 1. The molecule has 0 aliphatic rings. The van der Waals surface area contributed by atoms with Crippen molar-refractivity contribution in [3.05, 3.63) is 44.9 Å². The molecule has 1 aromatic carbocycles. The second-order valence-corrected chi connectivity index (χ2v) is 5.89. The summed E-state index contributed by atoms with van der Waals surface area (Å²) in [5, 5.41) is 3.31. The summed E-state index contributed by atoms with van der Waals surface area (Å²) in [5.41, 5.74) is 6.78. The third-order valence-electron chi connectivity index (χ3n) is 2.65. The van der Waals surface area contributed by atoms with E-state index in [-0.39, 0.29) is 11.1 Å². The van der Waals surface area contributed by atoms with Crippen molar-refractivity contribution >= 4 is 34.3 Å². The average molecular weight is 285 g/mol. The Balaban J connectivity index is 2.21. The lowest BCUT2D eigenvalue weighted by Gasteiger charge is -2.16. The number of hydrogen-bond donors (Lipinski definition) is 2. The zero-order valence-electron chi connectivity index (χ0n) is 10.1. The number of aryl methyl sites for hydroxylation is 1. The zero-order valence-corrected chi connectivity index (χ0v) is 11.7. The maximum Gasteiger partial charge on any atom is 0.143 e. The first kappa shape index (κ1) is 13.2. The van der Waals surface area contributed by atoms with E-state index in [1.165, 1.54) is 21.9 Å². The van der Waals surface area contributed by atoms with Gasteiger partial charge < -0.3 is 11.1 Å². The summed E-state index contributed by atoms with van der Waals surface area (Å²) in [6, 6.07) is 6.99. The number of benzene rings is 1. The fraction of sp³-hybridized carbons (Fsp3) is 0.231. The minimum Gasteiger partial charge on any atom is -0.397 e. The maximum atomic E-state index is 13.2. The van der Waals surface area contributed by atoms with Gasteiger partial charge in [0.05, 0.1) is 22.4 Å². The van der Waals surface area contributed by atoms with Gasteiger partial charge in [-0.05, 0) is 32.0 Å². The van der Waals surface area contributed by atoms with E-state index in [4.69, 9.17) is 17.3 Å². The third-order valence-corrected chi connectivity index (χ3v) is 4.13. The first-order valence-corrected chi connectivity index (χ1v) is 6.74. The van der Waals surface area contributed by atoms with Gasteiger partial charge in [0.15, 0.2) is 0 Å². The molecule has 0 fully saturated rings. The Kier molecular flexibility index (Phi) is 3.78. The van der Waals surface area contributed by atoms with Gasteiger partial charge >= 0.3 is 0 Å². The van der Waals surface area contributed by atoms with Crippen molar-refractivity contribution in [2.24, 2.45) is 0 Å². The molecule has 0 saturated carbocycles. The molecular formula is C13H14ClFN2S. The number of thiophene rings is 1. The van der Waals surface area contributed by atoms with Gasteiger partial charge in [0, 0.05) is 15.8 Å². The molecule has 0 spiro atoms. The van der Waals surface area contributed by atoms with Crippen LogP contribution in [0.15, 0.2) is 24.3 Å². The molecule has 0 aliphatic carbocycles. The molecule has 2 rings (SSSR count). The van der Waals surface area contributed by atoms with Crippen molar-refractivity contribution in [2.45, 2.75) is 19.9 Å². The summed E-state index contributed by atoms with van der Waals surface area (Å²) in [7, 11) is 0. The van der Waals surface area contributed by atoms with Gasteiger partial charge in [-0.25, -0.2) is 4.39 Å². The summed E-state index contributed by atoms with van der Waals surface area (Å²) in [5.74, 6) is -0.501. The van der Waals surface area contributed by atoms with Crippen LogP contribution in [0.25, 0.3) is 0 Å². The van der Waals surface area contributed by atoms with Crippen LogP contribution in [0.5, 0.6) is 0 Å². The summed E-state index contributed by atoms with van der Waals surface area (Å²) in [6.07, 6.45) is 0. The number of hydrogen-bond acceptors (Lipinski definition) is 3. The van der Waals surface area contributed by atoms with Crippen molar-refractivity contribution in [1.82, 2.24) is 0 Å². The monoisotopic (exact) mass is 284 g/mol. The third kappa shape index (κ3) is 2.76. The van der Waals surface area contributed by atoms with E-state index in [0.717, 1.165) is 0 Å². The molecule has 5 heteroatoms. The Hall–Kier alpha value is -1.26. The van der Waals surface area contributed by atoms with Gasteiger partial charge in [-0.15, -0.1) is 11.3 Å². The second-order valence-electron chi connectivity index (χ2n) is 4.17. The Labute approximate surface area is 115 Å². The van der Waals surface area contributed by atoms with Gasteiger partial charge in [0.2, 0.25) is 0 Å². The lowest BCUT2D eigenvalue weighted by atomic mass is 10.2. The molecule has 0 aliphatic heterocycles. The molecule has 0 amide bonds. The van der Waals surface area contributed by atoms with Crippen molar-refractivity contribution in [1.29, 1.82) is 0 Å². The highest BCUT2D eigenvalue weighted by Crippen LogP contribution is 2.31. The lowest BCUT2D eigenvalue weighted by Crippen LogP contribution is -2.07. The predicted molar refractivity (Wildman–Crippen MR) is 76.9 cm³/mol. The topological polar surface area (TPSA) is 38.0 Å². The van der Waals surface area contributed by atoms with Crippen LogP contribution >= 0.6 is 22.9 Å². The predicted octanol–water partition coefficient (Wildman–Crippen LogP) is 4.60. The Bertz CT molecular complexity index is 568. The van der Waals surface area contributed by atoms with Gasteiger partial charge in [0.25, 0.3) is 0 Å². The SMILES string of the molecule is Cc1ccc(C(C)Nc2cc(Cl)c(F)cc2N)s1. The highest BCUT2D eigenvalue weighted by atomic mass is 35.5. The fourth-order valence-corrected chi connectivity index (χ4v) is 2.72. The van der Waals surface area contributed by atoms with Crippen molar-refractivity contribution in [3.8, 4) is 0 Å². The van der Waals surface area contributed by atoms with E-state index in [9.17, 15) is 4.39 Å². The Morgan fingerprint density at radius 1 is 1.39 bits per heavy atom. The van der Waals surface area contributed by atoms with Crippen LogP contribution in [-0.2, 0) is 0 Å². The van der Waals surface area contributed by atoms with Crippen LogP contribution in [0.3, 0.4) is 0 Å². The molecular weight excluding hydrogens is 271 g/mol. The molecule has 2 nitrogen and oxygen atoms in total. The van der Waals surface area contributed by atoms with Crippen molar-refractivity contribution in [3.63, 3.8) is 0 Å².